The predicted molar refractivity (Wildman–Crippen MR) is 152 cm³/mol. The van der Waals surface area contributed by atoms with Crippen LogP contribution < -0.4 is 0 Å². The summed E-state index contributed by atoms with van der Waals surface area (Å²) in [6.45, 7) is 0. The van der Waals surface area contributed by atoms with E-state index in [-0.39, 0.29) is 29.2 Å². The molecule has 2 aliphatic rings. The van der Waals surface area contributed by atoms with E-state index in [0.29, 0.717) is 11.1 Å². The van der Waals surface area contributed by atoms with Gasteiger partial charge >= 0.3 is 0 Å². The summed E-state index contributed by atoms with van der Waals surface area (Å²) in [6.07, 6.45) is 4.08. The summed E-state index contributed by atoms with van der Waals surface area (Å²) >= 11 is 0. The van der Waals surface area contributed by atoms with Gasteiger partial charge in [-0.3, -0.25) is 4.79 Å². The molecule has 4 aromatic carbocycles. The fourth-order valence-electron chi connectivity index (χ4n) is 6.32. The summed E-state index contributed by atoms with van der Waals surface area (Å²) in [5, 5.41) is 20.4. The van der Waals surface area contributed by atoms with E-state index in [4.69, 9.17) is 0 Å². The molecule has 1 fully saturated rings. The Hall–Kier alpha value is -5.19. The van der Waals surface area contributed by atoms with Gasteiger partial charge in [0.2, 0.25) is 0 Å². The van der Waals surface area contributed by atoms with Crippen LogP contribution in [0, 0.1) is 28.6 Å². The SMILES string of the molecule is N#CC(C#N)=C(c1ccccc1)[C@H]1[C@H](c2ccccc2)[C@H](C(=O)c2ccccc2)N2C=Cc3ccccc3[C@H]12. The maximum Gasteiger partial charge on any atom is 0.185 e. The first-order chi connectivity index (χ1) is 19.2. The van der Waals surface area contributed by atoms with Crippen LogP contribution in [0.3, 0.4) is 0 Å². The Bertz CT molecular complexity index is 1640. The third-order valence-corrected chi connectivity index (χ3v) is 7.87. The summed E-state index contributed by atoms with van der Waals surface area (Å²) in [4.78, 5) is 16.6. The molecule has 0 bridgehead atoms. The molecule has 0 saturated carbocycles. The smallest absolute Gasteiger partial charge is 0.185 e. The largest absolute Gasteiger partial charge is 0.359 e. The molecule has 0 unspecified atom stereocenters. The summed E-state index contributed by atoms with van der Waals surface area (Å²) in [5.41, 5.74) is 5.37. The van der Waals surface area contributed by atoms with Crippen LogP contribution in [0.15, 0.2) is 127 Å². The first kappa shape index (κ1) is 24.2. The number of rotatable bonds is 5. The predicted octanol–water partition coefficient (Wildman–Crippen LogP) is 7.18. The van der Waals surface area contributed by atoms with E-state index in [1.807, 2.05) is 97.2 Å². The Morgan fingerprint density at radius 3 is 1.90 bits per heavy atom. The second kappa shape index (κ2) is 10.3. The lowest BCUT2D eigenvalue weighted by Gasteiger charge is -2.35. The van der Waals surface area contributed by atoms with Gasteiger partial charge in [-0.25, -0.2) is 0 Å². The van der Waals surface area contributed by atoms with Gasteiger partial charge in [0.15, 0.2) is 5.78 Å². The fourth-order valence-corrected chi connectivity index (χ4v) is 6.32. The first-order valence-electron chi connectivity index (χ1n) is 13.0. The second-order valence-corrected chi connectivity index (χ2v) is 9.85. The van der Waals surface area contributed by atoms with Gasteiger partial charge in [0, 0.05) is 23.6 Å². The maximum atomic E-state index is 14.4. The number of carbonyl (C=O) groups excluding carboxylic acids is 1. The Kier molecular flexibility index (Phi) is 6.37. The molecule has 4 heteroatoms. The molecule has 186 valence electrons. The van der Waals surface area contributed by atoms with Gasteiger partial charge in [0.25, 0.3) is 0 Å². The number of fused-ring (bicyclic) bond motifs is 3. The van der Waals surface area contributed by atoms with Crippen molar-refractivity contribution in [2.45, 2.75) is 18.0 Å². The Balaban J connectivity index is 1.67. The van der Waals surface area contributed by atoms with Crippen LogP contribution in [0.25, 0.3) is 11.6 Å². The molecule has 6 rings (SSSR count). The molecule has 2 heterocycles. The minimum absolute atomic E-state index is 0.0175. The van der Waals surface area contributed by atoms with Crippen LogP contribution in [0.5, 0.6) is 0 Å². The number of hydrogen-bond donors (Lipinski definition) is 0. The minimum atomic E-state index is -0.535. The summed E-state index contributed by atoms with van der Waals surface area (Å²) in [6, 6.07) is 40.9. The van der Waals surface area contributed by atoms with Gasteiger partial charge in [-0.2, -0.15) is 10.5 Å². The standard InChI is InChI=1S/C35H25N3O/c36-22-28(23-37)30(25-13-4-1-5-14-25)32-31(26-15-6-2-7-16-26)34(35(39)27-17-8-3-9-18-27)38-21-20-24-12-10-11-19-29(24)33(32)38/h1-21,31-34H/t31-,32-,33+,34+/m0/s1. The number of carbonyl (C=O) groups is 1. The highest BCUT2D eigenvalue weighted by Crippen LogP contribution is 2.58. The average Bonchev–Trinajstić information content (AvgIpc) is 3.36. The van der Waals surface area contributed by atoms with Crippen molar-refractivity contribution in [3.63, 3.8) is 0 Å². The van der Waals surface area contributed by atoms with Crippen molar-refractivity contribution in [1.29, 1.82) is 10.5 Å². The summed E-state index contributed by atoms with van der Waals surface area (Å²) in [5.74, 6) is -0.636. The molecule has 1 saturated heterocycles. The minimum Gasteiger partial charge on any atom is -0.359 e. The first-order valence-corrected chi connectivity index (χ1v) is 13.0. The molecule has 4 aromatic rings. The topological polar surface area (TPSA) is 67.9 Å². The quantitative estimate of drug-likeness (QED) is 0.214. The van der Waals surface area contributed by atoms with Crippen LogP contribution in [0.4, 0.5) is 0 Å². The molecule has 2 aliphatic heterocycles. The maximum absolute atomic E-state index is 14.4. The van der Waals surface area contributed by atoms with Gasteiger partial charge in [-0.15, -0.1) is 0 Å². The van der Waals surface area contributed by atoms with E-state index in [2.05, 4.69) is 47.4 Å². The number of nitriles is 2. The third kappa shape index (κ3) is 4.13. The van der Waals surface area contributed by atoms with Gasteiger partial charge < -0.3 is 4.90 Å². The van der Waals surface area contributed by atoms with Gasteiger partial charge in [0.1, 0.15) is 17.7 Å². The van der Waals surface area contributed by atoms with Crippen molar-refractivity contribution in [2.75, 3.05) is 0 Å². The van der Waals surface area contributed by atoms with Gasteiger partial charge in [-0.05, 0) is 33.9 Å². The molecule has 4 atom stereocenters. The molecule has 0 aromatic heterocycles. The number of hydrogen-bond acceptors (Lipinski definition) is 4. The van der Waals surface area contributed by atoms with E-state index in [1.165, 1.54) is 0 Å². The molecular formula is C35H25N3O. The zero-order valence-corrected chi connectivity index (χ0v) is 21.2. The zero-order chi connectivity index (χ0) is 26.8. The van der Waals surface area contributed by atoms with E-state index in [0.717, 1.165) is 22.3 Å². The van der Waals surface area contributed by atoms with Crippen molar-refractivity contribution in [3.05, 3.63) is 155 Å². The normalized spacial score (nSPS) is 20.7. The number of Topliss-reactive ketones (excluding diaryl/α,β-unsaturated/α-hetero) is 1. The molecular weight excluding hydrogens is 478 g/mol. The van der Waals surface area contributed by atoms with Crippen molar-refractivity contribution in [2.24, 2.45) is 5.92 Å². The van der Waals surface area contributed by atoms with E-state index in [1.54, 1.807) is 0 Å². The number of nitrogens with zero attached hydrogens (tertiary/aromatic N) is 3. The number of benzene rings is 4. The van der Waals surface area contributed by atoms with Crippen molar-refractivity contribution in [3.8, 4) is 12.1 Å². The Morgan fingerprint density at radius 2 is 1.26 bits per heavy atom. The Morgan fingerprint density at radius 1 is 0.692 bits per heavy atom. The highest BCUT2D eigenvalue weighted by atomic mass is 16.1. The lowest BCUT2D eigenvalue weighted by atomic mass is 9.71. The van der Waals surface area contributed by atoms with Gasteiger partial charge in [0.05, 0.1) is 12.1 Å². The van der Waals surface area contributed by atoms with Crippen LogP contribution in [0.1, 0.15) is 44.6 Å². The van der Waals surface area contributed by atoms with E-state index < -0.39 is 6.04 Å². The van der Waals surface area contributed by atoms with E-state index >= 15 is 0 Å². The molecule has 0 N–H and O–H groups in total. The molecule has 0 amide bonds. The highest BCUT2D eigenvalue weighted by Gasteiger charge is 2.54. The molecule has 39 heavy (non-hydrogen) atoms. The van der Waals surface area contributed by atoms with Gasteiger partial charge in [-0.1, -0.05) is 115 Å². The van der Waals surface area contributed by atoms with Crippen molar-refractivity contribution in [1.82, 2.24) is 4.90 Å². The third-order valence-electron chi connectivity index (χ3n) is 7.87. The molecule has 0 aliphatic carbocycles. The fraction of sp³-hybridized carbons (Fsp3) is 0.114. The van der Waals surface area contributed by atoms with Crippen LogP contribution in [0.2, 0.25) is 0 Å². The van der Waals surface area contributed by atoms with Crippen LogP contribution >= 0.6 is 0 Å². The monoisotopic (exact) mass is 503 g/mol. The highest BCUT2D eigenvalue weighted by molar-refractivity contribution is 6.02. The molecule has 0 spiro atoms. The zero-order valence-electron chi connectivity index (χ0n) is 21.2. The van der Waals surface area contributed by atoms with Crippen LogP contribution in [-0.4, -0.2) is 16.7 Å². The molecule has 0 radical (unpaired) electrons. The van der Waals surface area contributed by atoms with Crippen LogP contribution in [-0.2, 0) is 0 Å². The summed E-state index contributed by atoms with van der Waals surface area (Å²) in [7, 11) is 0. The van der Waals surface area contributed by atoms with Crippen molar-refractivity contribution >= 4 is 17.4 Å². The molecule has 4 nitrogen and oxygen atoms in total. The second-order valence-electron chi connectivity index (χ2n) is 9.85. The van der Waals surface area contributed by atoms with Crippen molar-refractivity contribution < 1.29 is 4.79 Å². The lowest BCUT2D eigenvalue weighted by molar-refractivity contribution is 0.0874. The number of allylic oxidation sites excluding steroid dienone is 1. The summed E-state index contributed by atoms with van der Waals surface area (Å²) < 4.78 is 0. The Labute approximate surface area is 228 Å². The number of ketones is 1. The van der Waals surface area contributed by atoms with E-state index in [9.17, 15) is 15.3 Å². The lowest BCUT2D eigenvalue weighted by Crippen LogP contribution is -2.37. The average molecular weight is 504 g/mol.